The van der Waals surface area contributed by atoms with Gasteiger partial charge < -0.3 is 4.74 Å². The second-order valence-electron chi connectivity index (χ2n) is 5.74. The SMILES string of the molecule is COc1ccc([C@@H](C)N2CCC[C@H]2c2cc(Br)ccn2)cc1. The molecule has 0 aliphatic carbocycles. The van der Waals surface area contributed by atoms with E-state index in [-0.39, 0.29) is 0 Å². The topological polar surface area (TPSA) is 25.4 Å². The Hall–Kier alpha value is -1.39. The van der Waals surface area contributed by atoms with Crippen LogP contribution < -0.4 is 4.74 Å². The maximum Gasteiger partial charge on any atom is 0.118 e. The number of aromatic nitrogens is 1. The summed E-state index contributed by atoms with van der Waals surface area (Å²) in [7, 11) is 1.70. The van der Waals surface area contributed by atoms with E-state index in [2.05, 4.69) is 50.9 Å². The molecule has 3 rings (SSSR count). The van der Waals surface area contributed by atoms with Crippen LogP contribution in [0, 0.1) is 0 Å². The summed E-state index contributed by atoms with van der Waals surface area (Å²) < 4.78 is 6.35. The predicted molar refractivity (Wildman–Crippen MR) is 92.0 cm³/mol. The van der Waals surface area contributed by atoms with Gasteiger partial charge in [0.15, 0.2) is 0 Å². The van der Waals surface area contributed by atoms with Gasteiger partial charge in [-0.25, -0.2) is 0 Å². The zero-order chi connectivity index (χ0) is 15.5. The fourth-order valence-corrected chi connectivity index (χ4v) is 3.60. The van der Waals surface area contributed by atoms with E-state index >= 15 is 0 Å². The first-order chi connectivity index (χ1) is 10.7. The van der Waals surface area contributed by atoms with Crippen molar-refractivity contribution >= 4 is 15.9 Å². The lowest BCUT2D eigenvalue weighted by atomic mass is 10.0. The van der Waals surface area contributed by atoms with Crippen LogP contribution in [0.5, 0.6) is 5.75 Å². The number of pyridine rings is 1. The number of rotatable bonds is 4. The molecule has 0 radical (unpaired) electrons. The molecule has 2 heterocycles. The van der Waals surface area contributed by atoms with Crippen LogP contribution in [0.1, 0.15) is 43.1 Å². The van der Waals surface area contributed by atoms with Gasteiger partial charge in [-0.15, -0.1) is 0 Å². The highest BCUT2D eigenvalue weighted by Crippen LogP contribution is 2.38. The third-order valence-corrected chi connectivity index (χ3v) is 4.97. The molecule has 1 fully saturated rings. The molecule has 1 aromatic carbocycles. The van der Waals surface area contributed by atoms with Gasteiger partial charge in [0.2, 0.25) is 0 Å². The summed E-state index contributed by atoms with van der Waals surface area (Å²) in [5.74, 6) is 0.905. The Morgan fingerprint density at radius 1 is 1.27 bits per heavy atom. The van der Waals surface area contributed by atoms with Crippen LogP contribution in [0.2, 0.25) is 0 Å². The summed E-state index contributed by atoms with van der Waals surface area (Å²) in [6.45, 7) is 3.39. The lowest BCUT2D eigenvalue weighted by Gasteiger charge is -2.30. The van der Waals surface area contributed by atoms with Crippen LogP contribution in [-0.4, -0.2) is 23.5 Å². The Morgan fingerprint density at radius 2 is 2.05 bits per heavy atom. The van der Waals surface area contributed by atoms with Crippen molar-refractivity contribution in [3.63, 3.8) is 0 Å². The molecule has 1 saturated heterocycles. The number of ether oxygens (including phenoxy) is 1. The van der Waals surface area contributed by atoms with Gasteiger partial charge in [-0.05, 0) is 56.1 Å². The average molecular weight is 361 g/mol. The largest absolute Gasteiger partial charge is 0.497 e. The smallest absolute Gasteiger partial charge is 0.118 e. The third-order valence-electron chi connectivity index (χ3n) is 4.47. The average Bonchev–Trinajstić information content (AvgIpc) is 3.04. The molecule has 0 spiro atoms. The standard InChI is InChI=1S/C18H21BrN2O/c1-13(14-5-7-16(22-2)8-6-14)21-11-3-4-18(21)17-12-15(19)9-10-20-17/h5-10,12-13,18H,3-4,11H2,1-2H3/t13-,18+/m1/s1. The van der Waals surface area contributed by atoms with Gasteiger partial charge in [0, 0.05) is 16.7 Å². The second kappa shape index (κ2) is 6.80. The molecule has 3 nitrogen and oxygen atoms in total. The molecule has 22 heavy (non-hydrogen) atoms. The van der Waals surface area contributed by atoms with E-state index in [0.29, 0.717) is 12.1 Å². The number of halogens is 1. The highest BCUT2D eigenvalue weighted by Gasteiger charge is 2.31. The first-order valence-electron chi connectivity index (χ1n) is 7.70. The summed E-state index contributed by atoms with van der Waals surface area (Å²) in [5.41, 5.74) is 2.48. The monoisotopic (exact) mass is 360 g/mol. The highest BCUT2D eigenvalue weighted by molar-refractivity contribution is 9.10. The van der Waals surface area contributed by atoms with Gasteiger partial charge in [-0.2, -0.15) is 0 Å². The first-order valence-corrected chi connectivity index (χ1v) is 8.49. The lowest BCUT2D eigenvalue weighted by molar-refractivity contribution is 0.191. The van der Waals surface area contributed by atoms with Gasteiger partial charge in [0.25, 0.3) is 0 Å². The van der Waals surface area contributed by atoms with E-state index in [4.69, 9.17) is 4.74 Å². The molecule has 0 unspecified atom stereocenters. The van der Waals surface area contributed by atoms with Crippen molar-refractivity contribution in [1.82, 2.24) is 9.88 Å². The van der Waals surface area contributed by atoms with Crippen LogP contribution in [-0.2, 0) is 0 Å². The van der Waals surface area contributed by atoms with Crippen molar-refractivity contribution in [2.24, 2.45) is 0 Å². The maximum atomic E-state index is 5.25. The van der Waals surface area contributed by atoms with E-state index in [1.54, 1.807) is 7.11 Å². The molecular weight excluding hydrogens is 340 g/mol. The van der Waals surface area contributed by atoms with E-state index in [1.165, 1.54) is 18.4 Å². The Kier molecular flexibility index (Phi) is 4.79. The Morgan fingerprint density at radius 3 is 2.73 bits per heavy atom. The summed E-state index contributed by atoms with van der Waals surface area (Å²) in [5, 5.41) is 0. The van der Waals surface area contributed by atoms with Gasteiger partial charge in [0.05, 0.1) is 18.8 Å². The minimum Gasteiger partial charge on any atom is -0.497 e. The summed E-state index contributed by atoms with van der Waals surface area (Å²) in [6.07, 6.45) is 4.28. The van der Waals surface area contributed by atoms with Gasteiger partial charge in [-0.1, -0.05) is 28.1 Å². The summed E-state index contributed by atoms with van der Waals surface area (Å²) in [6, 6.07) is 13.3. The van der Waals surface area contributed by atoms with Crippen LogP contribution >= 0.6 is 15.9 Å². The zero-order valence-corrected chi connectivity index (χ0v) is 14.6. The number of benzene rings is 1. The van der Waals surface area contributed by atoms with Crippen LogP contribution in [0.25, 0.3) is 0 Å². The van der Waals surface area contributed by atoms with Crippen molar-refractivity contribution in [2.75, 3.05) is 13.7 Å². The molecule has 4 heteroatoms. The minimum absolute atomic E-state index is 0.374. The first kappa shape index (κ1) is 15.5. The van der Waals surface area contributed by atoms with Crippen molar-refractivity contribution < 1.29 is 4.74 Å². The van der Waals surface area contributed by atoms with Crippen LogP contribution in [0.4, 0.5) is 0 Å². The maximum absolute atomic E-state index is 5.25. The molecule has 1 aliphatic heterocycles. The van der Waals surface area contributed by atoms with E-state index in [0.717, 1.165) is 22.5 Å². The predicted octanol–water partition coefficient (Wildman–Crippen LogP) is 4.75. The Balaban J connectivity index is 1.82. The van der Waals surface area contributed by atoms with Crippen LogP contribution in [0.3, 0.4) is 0 Å². The quantitative estimate of drug-likeness (QED) is 0.786. The van der Waals surface area contributed by atoms with Crippen molar-refractivity contribution in [1.29, 1.82) is 0 Å². The zero-order valence-electron chi connectivity index (χ0n) is 13.0. The molecule has 1 aliphatic rings. The van der Waals surface area contributed by atoms with E-state index < -0.39 is 0 Å². The summed E-state index contributed by atoms with van der Waals surface area (Å²) in [4.78, 5) is 7.14. The lowest BCUT2D eigenvalue weighted by Crippen LogP contribution is -2.27. The van der Waals surface area contributed by atoms with Gasteiger partial charge in [-0.3, -0.25) is 9.88 Å². The fourth-order valence-electron chi connectivity index (χ4n) is 3.25. The third kappa shape index (κ3) is 3.18. The van der Waals surface area contributed by atoms with Crippen LogP contribution in [0.15, 0.2) is 47.1 Å². The number of hydrogen-bond donors (Lipinski definition) is 0. The number of likely N-dealkylation sites (tertiary alicyclic amines) is 1. The number of methoxy groups -OCH3 is 1. The molecule has 0 amide bonds. The molecule has 2 atom stereocenters. The molecular formula is C18H21BrN2O. The van der Waals surface area contributed by atoms with Gasteiger partial charge >= 0.3 is 0 Å². The molecule has 2 aromatic rings. The number of hydrogen-bond acceptors (Lipinski definition) is 3. The molecule has 0 N–H and O–H groups in total. The number of nitrogens with zero attached hydrogens (tertiary/aromatic N) is 2. The molecule has 1 aromatic heterocycles. The Labute approximate surface area is 140 Å². The molecule has 0 bridgehead atoms. The van der Waals surface area contributed by atoms with Gasteiger partial charge in [0.1, 0.15) is 5.75 Å². The highest BCUT2D eigenvalue weighted by atomic mass is 79.9. The van der Waals surface area contributed by atoms with Crippen molar-refractivity contribution in [3.8, 4) is 5.75 Å². The fraction of sp³-hybridized carbons (Fsp3) is 0.389. The molecule has 116 valence electrons. The summed E-state index contributed by atoms with van der Waals surface area (Å²) >= 11 is 3.55. The van der Waals surface area contributed by atoms with E-state index in [9.17, 15) is 0 Å². The Bertz CT molecular complexity index is 629. The van der Waals surface area contributed by atoms with Crippen molar-refractivity contribution in [2.45, 2.75) is 31.8 Å². The second-order valence-corrected chi connectivity index (χ2v) is 6.66. The van der Waals surface area contributed by atoms with Crippen molar-refractivity contribution in [3.05, 3.63) is 58.3 Å². The normalized spacial score (nSPS) is 20.0. The molecule has 0 saturated carbocycles. The minimum atomic E-state index is 0.374. The van der Waals surface area contributed by atoms with E-state index in [1.807, 2.05) is 24.4 Å².